The van der Waals surface area contributed by atoms with Crippen molar-refractivity contribution in [2.24, 2.45) is 0 Å². The summed E-state index contributed by atoms with van der Waals surface area (Å²) < 4.78 is 34.7. The first kappa shape index (κ1) is 30.9. The van der Waals surface area contributed by atoms with Crippen molar-refractivity contribution in [2.45, 2.75) is 75.9 Å². The minimum absolute atomic E-state index is 0.0105. The number of hydrogen-bond donors (Lipinski definition) is 2. The number of rotatable bonds is 3. The molecule has 246 valence electrons. The first-order valence-corrected chi connectivity index (χ1v) is 16.2. The van der Waals surface area contributed by atoms with Crippen molar-refractivity contribution in [3.05, 3.63) is 39.4 Å². The van der Waals surface area contributed by atoms with E-state index < -0.39 is 53.6 Å². The number of phenols is 1. The van der Waals surface area contributed by atoms with Crippen LogP contribution in [0.3, 0.4) is 0 Å². The van der Waals surface area contributed by atoms with Gasteiger partial charge in [0.15, 0.2) is 23.0 Å². The summed E-state index contributed by atoms with van der Waals surface area (Å²) in [6.07, 6.45) is -1.79. The molecule has 14 heteroatoms. The van der Waals surface area contributed by atoms with E-state index in [-0.39, 0.29) is 30.9 Å². The van der Waals surface area contributed by atoms with Gasteiger partial charge in [-0.25, -0.2) is 4.79 Å². The molecule has 2 aromatic rings. The predicted octanol–water partition coefficient (Wildman–Crippen LogP) is 2.59. The van der Waals surface area contributed by atoms with Gasteiger partial charge >= 0.3 is 17.9 Å². The number of esters is 3. The van der Waals surface area contributed by atoms with Gasteiger partial charge in [-0.3, -0.25) is 19.4 Å². The maximum atomic E-state index is 13.3. The Morgan fingerprint density at radius 1 is 1.04 bits per heavy atom. The highest BCUT2D eigenvalue weighted by Crippen LogP contribution is 2.63. The number of cyclic esters (lactones) is 1. The normalized spacial score (nSPS) is 29.6. The number of aromatic hydroxyl groups is 1. The number of methoxy groups -OCH3 is 1. The lowest BCUT2D eigenvalue weighted by Crippen LogP contribution is -2.69. The molecule has 46 heavy (non-hydrogen) atoms. The number of thioether (sulfide) groups is 1. The molecule has 7 rings (SSSR count). The third-order valence-corrected chi connectivity index (χ3v) is 11.1. The van der Waals surface area contributed by atoms with Gasteiger partial charge in [0.2, 0.25) is 12.9 Å². The van der Waals surface area contributed by atoms with Gasteiger partial charge in [0, 0.05) is 47.9 Å². The number of fused-ring (bicyclic) bond motifs is 9. The van der Waals surface area contributed by atoms with Gasteiger partial charge in [0.25, 0.3) is 0 Å². The molecular weight excluding hydrogens is 620 g/mol. The molecule has 2 fully saturated rings. The topological polar surface area (TPSA) is 154 Å². The van der Waals surface area contributed by atoms with Crippen molar-refractivity contribution < 1.29 is 53.0 Å². The SMILES string of the molecule is COc1c(C)cc2c(c1O)[C@@H]1C3[C@@H]4SCC(OC(C)=O)C(=O)OC[C@@H](c5c6c(c(C)c(OC(C)=O)c54)OCO6)N3[C@@H](O)[C@H](C2)N1C. The molecule has 5 heterocycles. The zero-order valence-corrected chi connectivity index (χ0v) is 27.1. The number of aryl methyl sites for hydroxylation is 1. The van der Waals surface area contributed by atoms with E-state index in [1.807, 2.05) is 24.9 Å². The lowest BCUT2D eigenvalue weighted by molar-refractivity contribution is -0.188. The van der Waals surface area contributed by atoms with Gasteiger partial charge in [0.05, 0.1) is 30.5 Å². The summed E-state index contributed by atoms with van der Waals surface area (Å²) in [7, 11) is 3.43. The Labute approximate surface area is 269 Å². The number of hydrogen-bond acceptors (Lipinski definition) is 14. The number of ether oxygens (including phenoxy) is 6. The minimum Gasteiger partial charge on any atom is -0.504 e. The monoisotopic (exact) mass is 656 g/mol. The molecule has 0 spiro atoms. The molecule has 5 aliphatic rings. The summed E-state index contributed by atoms with van der Waals surface area (Å²) in [5.74, 6) is -0.332. The van der Waals surface area contributed by atoms with Crippen LogP contribution >= 0.6 is 11.8 Å². The molecule has 2 N–H and O–H groups in total. The lowest BCUT2D eigenvalue weighted by atomic mass is 9.73. The molecule has 5 aliphatic heterocycles. The minimum atomic E-state index is -1.19. The standard InChI is InChI=1S/C32H36N2O11S/c1-12-7-16-8-17-31(38)34-18-9-41-32(39)19(44-14(3)35)10-46-30(24(34)23(33(17)5)20(16)25(37)26(12)40-6)22-21(18)29-28(42-11-43-29)13(2)27(22)45-15(4)36/h7,17-19,23-24,30-31,37-38H,8-11H2,1-6H3/t17-,18-,19?,23+,24?,30+,31-/m0/s1. The maximum absolute atomic E-state index is 13.3. The summed E-state index contributed by atoms with van der Waals surface area (Å²) in [5, 5.41) is 23.4. The number of likely N-dealkylation sites (N-methyl/N-ethyl adjacent to an activating group) is 1. The number of aliphatic hydroxyl groups is 1. The quantitative estimate of drug-likeness (QED) is 0.368. The van der Waals surface area contributed by atoms with E-state index in [1.165, 1.54) is 32.7 Å². The van der Waals surface area contributed by atoms with Crippen molar-refractivity contribution in [2.75, 3.05) is 33.3 Å². The van der Waals surface area contributed by atoms with E-state index in [9.17, 15) is 24.6 Å². The molecular formula is C32H36N2O11S. The van der Waals surface area contributed by atoms with Crippen molar-refractivity contribution in [3.63, 3.8) is 0 Å². The number of carbonyl (C=O) groups is 3. The number of aliphatic hydroxyl groups excluding tert-OH is 1. The number of phenolic OH excluding ortho intramolecular Hbond substituents is 1. The molecule has 0 amide bonds. The van der Waals surface area contributed by atoms with Crippen molar-refractivity contribution in [1.82, 2.24) is 9.80 Å². The average Bonchev–Trinajstić information content (AvgIpc) is 3.48. The Morgan fingerprint density at radius 2 is 1.78 bits per heavy atom. The summed E-state index contributed by atoms with van der Waals surface area (Å²) in [6, 6.07) is -0.231. The molecule has 7 atom stereocenters. The molecule has 0 aliphatic carbocycles. The summed E-state index contributed by atoms with van der Waals surface area (Å²) in [4.78, 5) is 41.9. The Morgan fingerprint density at radius 3 is 2.48 bits per heavy atom. The Bertz CT molecular complexity index is 1660. The molecule has 0 saturated carbocycles. The van der Waals surface area contributed by atoms with E-state index in [4.69, 9.17) is 28.4 Å². The molecule has 13 nitrogen and oxygen atoms in total. The van der Waals surface area contributed by atoms with Crippen LogP contribution in [0.2, 0.25) is 0 Å². The fourth-order valence-electron chi connectivity index (χ4n) is 8.04. The van der Waals surface area contributed by atoms with E-state index in [2.05, 4.69) is 4.90 Å². The van der Waals surface area contributed by atoms with Crippen LogP contribution in [0.15, 0.2) is 6.07 Å². The van der Waals surface area contributed by atoms with Crippen LogP contribution in [0, 0.1) is 13.8 Å². The molecule has 0 aromatic heterocycles. The van der Waals surface area contributed by atoms with E-state index in [0.717, 1.165) is 11.1 Å². The maximum Gasteiger partial charge on any atom is 0.348 e. The largest absolute Gasteiger partial charge is 0.504 e. The zero-order valence-electron chi connectivity index (χ0n) is 26.3. The molecule has 2 saturated heterocycles. The lowest BCUT2D eigenvalue weighted by Gasteiger charge is -2.62. The molecule has 0 radical (unpaired) electrons. The van der Waals surface area contributed by atoms with Crippen LogP contribution in [-0.2, 0) is 30.3 Å². The summed E-state index contributed by atoms with van der Waals surface area (Å²) in [6.45, 7) is 5.91. The summed E-state index contributed by atoms with van der Waals surface area (Å²) in [5.41, 5.74) is 4.14. The second kappa shape index (κ2) is 11.2. The highest BCUT2D eigenvalue weighted by molar-refractivity contribution is 7.99. The van der Waals surface area contributed by atoms with E-state index >= 15 is 0 Å². The second-order valence-corrected chi connectivity index (χ2v) is 13.5. The van der Waals surface area contributed by atoms with Crippen molar-refractivity contribution in [3.8, 4) is 28.7 Å². The van der Waals surface area contributed by atoms with Gasteiger partial charge in [-0.2, -0.15) is 0 Å². The number of benzene rings is 2. The number of piperazine rings is 1. The zero-order chi connectivity index (χ0) is 32.8. The van der Waals surface area contributed by atoms with Gasteiger partial charge in [-0.1, -0.05) is 6.07 Å². The highest BCUT2D eigenvalue weighted by Gasteiger charge is 2.60. The highest BCUT2D eigenvalue weighted by atomic mass is 32.2. The van der Waals surface area contributed by atoms with Crippen LogP contribution in [-0.4, -0.2) is 95.6 Å². The van der Waals surface area contributed by atoms with Gasteiger partial charge in [0.1, 0.15) is 18.6 Å². The Hall–Kier alpha value is -3.72. The van der Waals surface area contributed by atoms with Gasteiger partial charge in [-0.05, 0) is 38.4 Å². The van der Waals surface area contributed by atoms with Gasteiger partial charge in [-0.15, -0.1) is 11.8 Å². The Kier molecular flexibility index (Phi) is 7.54. The van der Waals surface area contributed by atoms with Gasteiger partial charge < -0.3 is 38.6 Å². The summed E-state index contributed by atoms with van der Waals surface area (Å²) >= 11 is 1.32. The average molecular weight is 657 g/mol. The fourth-order valence-corrected chi connectivity index (χ4v) is 9.52. The van der Waals surface area contributed by atoms with Crippen LogP contribution in [0.4, 0.5) is 0 Å². The van der Waals surface area contributed by atoms with E-state index in [1.54, 1.807) is 6.92 Å². The first-order valence-electron chi connectivity index (χ1n) is 15.1. The second-order valence-electron chi connectivity index (χ2n) is 12.3. The fraction of sp³-hybridized carbons (Fsp3) is 0.531. The number of nitrogens with zero attached hydrogens (tertiary/aromatic N) is 2. The molecule has 2 aromatic carbocycles. The Balaban J connectivity index is 1.52. The third-order valence-electron chi connectivity index (χ3n) is 9.76. The predicted molar refractivity (Wildman–Crippen MR) is 162 cm³/mol. The van der Waals surface area contributed by atoms with Crippen LogP contribution in [0.5, 0.6) is 28.7 Å². The van der Waals surface area contributed by atoms with Crippen molar-refractivity contribution in [1.29, 1.82) is 0 Å². The first-order chi connectivity index (χ1) is 21.9. The smallest absolute Gasteiger partial charge is 0.348 e. The third kappa shape index (κ3) is 4.44. The molecule has 2 unspecified atom stereocenters. The van der Waals surface area contributed by atoms with Crippen LogP contribution < -0.4 is 18.9 Å². The van der Waals surface area contributed by atoms with Crippen LogP contribution in [0.1, 0.15) is 64.6 Å². The molecule has 4 bridgehead atoms. The van der Waals surface area contributed by atoms with Crippen LogP contribution in [0.25, 0.3) is 0 Å². The van der Waals surface area contributed by atoms with Crippen molar-refractivity contribution >= 4 is 29.7 Å². The number of carbonyl (C=O) groups excluding carboxylic acids is 3. The van der Waals surface area contributed by atoms with E-state index in [0.29, 0.717) is 51.7 Å².